The number of benzene rings is 2. The fraction of sp³-hybridized carbons (Fsp3) is 0.368. The van der Waals surface area contributed by atoms with Gasteiger partial charge >= 0.3 is 0 Å². The molecule has 1 N–H and O–H groups in total. The van der Waals surface area contributed by atoms with E-state index >= 15 is 0 Å². The van der Waals surface area contributed by atoms with E-state index in [0.717, 1.165) is 18.7 Å². The number of nitrogens with one attached hydrogen (secondary N) is 1. The highest BCUT2D eigenvalue weighted by Gasteiger charge is 2.13. The number of rotatable bonds is 6. The summed E-state index contributed by atoms with van der Waals surface area (Å²) in [7, 11) is 4.10. The molecule has 0 aliphatic heterocycles. The quantitative estimate of drug-likeness (QED) is 0.872. The Morgan fingerprint density at radius 1 is 1.05 bits per heavy atom. The largest absolute Gasteiger partial charge is 0.311 e. The molecule has 0 amide bonds. The highest BCUT2D eigenvalue weighted by Crippen LogP contribution is 2.18. The summed E-state index contributed by atoms with van der Waals surface area (Å²) < 4.78 is 13.1. The summed E-state index contributed by atoms with van der Waals surface area (Å²) in [6, 6.07) is 13.5. The van der Waals surface area contributed by atoms with Crippen molar-refractivity contribution in [2.45, 2.75) is 26.4 Å². The second kappa shape index (κ2) is 7.52. The van der Waals surface area contributed by atoms with Gasteiger partial charge in [0.05, 0.1) is 0 Å². The zero-order valence-electron chi connectivity index (χ0n) is 13.9. The van der Waals surface area contributed by atoms with E-state index in [2.05, 4.69) is 42.3 Å². The molecule has 0 aliphatic rings. The number of halogens is 1. The van der Waals surface area contributed by atoms with Gasteiger partial charge in [-0.05, 0) is 56.8 Å². The number of nitrogens with zero attached hydrogens (tertiary/aromatic N) is 1. The van der Waals surface area contributed by atoms with Gasteiger partial charge in [-0.2, -0.15) is 0 Å². The van der Waals surface area contributed by atoms with Crippen molar-refractivity contribution in [1.82, 2.24) is 10.2 Å². The van der Waals surface area contributed by atoms with Crippen molar-refractivity contribution in [3.8, 4) is 0 Å². The monoisotopic (exact) mass is 300 g/mol. The van der Waals surface area contributed by atoms with Crippen molar-refractivity contribution < 1.29 is 4.39 Å². The third-order valence-corrected chi connectivity index (χ3v) is 4.03. The summed E-state index contributed by atoms with van der Waals surface area (Å²) in [6.45, 7) is 5.93. The molecule has 0 fully saturated rings. The molecule has 0 radical (unpaired) electrons. The smallest absolute Gasteiger partial charge is 0.123 e. The standard InChI is InChI=1S/C19H25FN2/c1-14-5-6-17(15(2)11-14)12-21-13-19(22(3)4)16-7-9-18(20)10-8-16/h5-11,19,21H,12-13H2,1-4H3. The van der Waals surface area contributed by atoms with Crippen molar-refractivity contribution in [2.24, 2.45) is 0 Å². The zero-order valence-corrected chi connectivity index (χ0v) is 13.9. The Morgan fingerprint density at radius 2 is 1.73 bits per heavy atom. The van der Waals surface area contributed by atoms with Gasteiger partial charge in [0.15, 0.2) is 0 Å². The number of hydrogen-bond acceptors (Lipinski definition) is 2. The van der Waals surface area contributed by atoms with Crippen molar-refractivity contribution >= 4 is 0 Å². The van der Waals surface area contributed by atoms with Crippen LogP contribution in [0.4, 0.5) is 4.39 Å². The molecule has 2 aromatic rings. The van der Waals surface area contributed by atoms with E-state index < -0.39 is 0 Å². The first-order chi connectivity index (χ1) is 10.5. The molecular formula is C19H25FN2. The summed E-state index contributed by atoms with van der Waals surface area (Å²) in [5, 5.41) is 3.52. The van der Waals surface area contributed by atoms with Gasteiger partial charge in [0.2, 0.25) is 0 Å². The molecule has 1 atom stereocenters. The number of aryl methyl sites for hydroxylation is 2. The number of likely N-dealkylation sites (N-methyl/N-ethyl adjacent to an activating group) is 1. The summed E-state index contributed by atoms with van der Waals surface area (Å²) in [5.74, 6) is -0.190. The van der Waals surface area contributed by atoms with Crippen LogP contribution in [0.25, 0.3) is 0 Å². The molecule has 2 rings (SSSR count). The van der Waals surface area contributed by atoms with Crippen LogP contribution in [0.5, 0.6) is 0 Å². The maximum absolute atomic E-state index is 13.1. The molecule has 0 heterocycles. The fourth-order valence-electron chi connectivity index (χ4n) is 2.67. The SMILES string of the molecule is Cc1ccc(CNCC(c2ccc(F)cc2)N(C)C)c(C)c1. The van der Waals surface area contributed by atoms with Crippen molar-refractivity contribution in [3.63, 3.8) is 0 Å². The van der Waals surface area contributed by atoms with E-state index in [4.69, 9.17) is 0 Å². The molecule has 1 unspecified atom stereocenters. The Morgan fingerprint density at radius 3 is 2.32 bits per heavy atom. The minimum absolute atomic E-state index is 0.190. The third-order valence-electron chi connectivity index (χ3n) is 4.03. The van der Waals surface area contributed by atoms with Crippen molar-refractivity contribution in [2.75, 3.05) is 20.6 Å². The maximum atomic E-state index is 13.1. The van der Waals surface area contributed by atoms with Gasteiger partial charge in [-0.15, -0.1) is 0 Å². The Labute approximate surface area is 133 Å². The van der Waals surface area contributed by atoms with Gasteiger partial charge in [0.1, 0.15) is 5.82 Å². The van der Waals surface area contributed by atoms with E-state index in [-0.39, 0.29) is 11.9 Å². The summed E-state index contributed by atoms with van der Waals surface area (Å²) in [6.07, 6.45) is 0. The minimum atomic E-state index is -0.190. The molecule has 2 nitrogen and oxygen atoms in total. The fourth-order valence-corrected chi connectivity index (χ4v) is 2.67. The Balaban J connectivity index is 1.99. The zero-order chi connectivity index (χ0) is 16.1. The van der Waals surface area contributed by atoms with Crippen LogP contribution in [0.3, 0.4) is 0 Å². The predicted octanol–water partition coefficient (Wildman–Crippen LogP) is 3.84. The average molecular weight is 300 g/mol. The van der Waals surface area contributed by atoms with Crippen LogP contribution in [0.2, 0.25) is 0 Å². The summed E-state index contributed by atoms with van der Waals surface area (Å²) >= 11 is 0. The number of hydrogen-bond donors (Lipinski definition) is 1. The molecule has 118 valence electrons. The highest BCUT2D eigenvalue weighted by molar-refractivity contribution is 5.30. The second-order valence-electron chi connectivity index (χ2n) is 6.09. The molecule has 0 aromatic heterocycles. The Kier molecular flexibility index (Phi) is 5.69. The molecule has 0 saturated carbocycles. The molecular weight excluding hydrogens is 275 g/mol. The van der Waals surface area contributed by atoms with Crippen LogP contribution in [0.1, 0.15) is 28.3 Å². The second-order valence-corrected chi connectivity index (χ2v) is 6.09. The van der Waals surface area contributed by atoms with Crippen LogP contribution < -0.4 is 5.32 Å². The van der Waals surface area contributed by atoms with Crippen LogP contribution in [-0.2, 0) is 6.54 Å². The molecule has 0 saturated heterocycles. The van der Waals surface area contributed by atoms with Gasteiger partial charge in [-0.1, -0.05) is 35.9 Å². The van der Waals surface area contributed by atoms with Crippen LogP contribution >= 0.6 is 0 Å². The van der Waals surface area contributed by atoms with Crippen molar-refractivity contribution in [1.29, 1.82) is 0 Å². The van der Waals surface area contributed by atoms with Gasteiger partial charge < -0.3 is 10.2 Å². The van der Waals surface area contributed by atoms with Gasteiger partial charge in [0, 0.05) is 19.1 Å². The van der Waals surface area contributed by atoms with Crippen LogP contribution in [0, 0.1) is 19.7 Å². The Bertz CT molecular complexity index is 605. The molecule has 2 aromatic carbocycles. The lowest BCUT2D eigenvalue weighted by molar-refractivity contribution is 0.288. The lowest BCUT2D eigenvalue weighted by Crippen LogP contribution is -2.31. The maximum Gasteiger partial charge on any atom is 0.123 e. The summed E-state index contributed by atoms with van der Waals surface area (Å²) in [5.41, 5.74) is 5.05. The third kappa shape index (κ3) is 4.39. The minimum Gasteiger partial charge on any atom is -0.311 e. The summed E-state index contributed by atoms with van der Waals surface area (Å²) in [4.78, 5) is 2.15. The molecule has 0 aliphatic carbocycles. The first kappa shape index (κ1) is 16.7. The molecule has 3 heteroatoms. The van der Waals surface area contributed by atoms with Gasteiger partial charge in [-0.25, -0.2) is 4.39 Å². The first-order valence-corrected chi connectivity index (χ1v) is 7.66. The molecule has 22 heavy (non-hydrogen) atoms. The van der Waals surface area contributed by atoms with Gasteiger partial charge in [-0.3, -0.25) is 0 Å². The van der Waals surface area contributed by atoms with Gasteiger partial charge in [0.25, 0.3) is 0 Å². The van der Waals surface area contributed by atoms with E-state index in [9.17, 15) is 4.39 Å². The van der Waals surface area contributed by atoms with Crippen molar-refractivity contribution in [3.05, 3.63) is 70.5 Å². The highest BCUT2D eigenvalue weighted by atomic mass is 19.1. The average Bonchev–Trinajstić information content (AvgIpc) is 2.46. The molecule has 0 spiro atoms. The molecule has 0 bridgehead atoms. The predicted molar refractivity (Wildman–Crippen MR) is 90.5 cm³/mol. The van der Waals surface area contributed by atoms with Crippen LogP contribution in [0.15, 0.2) is 42.5 Å². The van der Waals surface area contributed by atoms with E-state index in [1.54, 1.807) is 0 Å². The van der Waals surface area contributed by atoms with E-state index in [0.29, 0.717) is 0 Å². The Hall–Kier alpha value is -1.71. The lowest BCUT2D eigenvalue weighted by atomic mass is 10.0. The topological polar surface area (TPSA) is 15.3 Å². The van der Waals surface area contributed by atoms with E-state index in [1.807, 2.05) is 26.2 Å². The van der Waals surface area contributed by atoms with E-state index in [1.165, 1.54) is 28.8 Å². The normalized spacial score (nSPS) is 12.6. The van der Waals surface area contributed by atoms with Crippen LogP contribution in [-0.4, -0.2) is 25.5 Å². The lowest BCUT2D eigenvalue weighted by Gasteiger charge is -2.25. The first-order valence-electron chi connectivity index (χ1n) is 7.66.